The highest BCUT2D eigenvalue weighted by Crippen LogP contribution is 2.84. The van der Waals surface area contributed by atoms with E-state index in [9.17, 15) is 4.79 Å². The SMILES string of the molecule is CC1([C@@H]2CC[C@@H]3[C@H]4CC[C@H]5CC6(CC[C@]57C[C@]47C(=O)C[C@]3(C)C2)OCCO6)OCCO1. The third-order valence-electron chi connectivity index (χ3n) is 11.5. The average Bonchev–Trinajstić information content (AvgIpc) is 2.99. The van der Waals surface area contributed by atoms with Gasteiger partial charge in [-0.1, -0.05) is 6.92 Å². The predicted octanol–water partition coefficient (Wildman–Crippen LogP) is 4.47. The molecule has 7 rings (SSSR count). The Hall–Kier alpha value is -0.490. The molecule has 5 aliphatic carbocycles. The lowest BCUT2D eigenvalue weighted by atomic mass is 9.45. The van der Waals surface area contributed by atoms with Gasteiger partial charge in [-0.25, -0.2) is 0 Å². The van der Waals surface area contributed by atoms with Crippen molar-refractivity contribution >= 4 is 5.78 Å². The largest absolute Gasteiger partial charge is 0.348 e. The molecule has 31 heavy (non-hydrogen) atoms. The molecule has 0 amide bonds. The third kappa shape index (κ3) is 2.40. The zero-order chi connectivity index (χ0) is 21.1. The summed E-state index contributed by atoms with van der Waals surface area (Å²) in [5.41, 5.74) is 0.352. The van der Waals surface area contributed by atoms with Gasteiger partial charge >= 0.3 is 0 Å². The van der Waals surface area contributed by atoms with E-state index in [1.807, 2.05) is 0 Å². The summed E-state index contributed by atoms with van der Waals surface area (Å²) in [6.45, 7) is 7.44. The highest BCUT2D eigenvalue weighted by Gasteiger charge is 2.82. The molecule has 0 aromatic rings. The third-order valence-corrected chi connectivity index (χ3v) is 11.5. The molecule has 2 aliphatic heterocycles. The summed E-state index contributed by atoms with van der Waals surface area (Å²) < 4.78 is 24.3. The Morgan fingerprint density at radius 1 is 0.774 bits per heavy atom. The molecule has 5 saturated carbocycles. The normalized spacial score (nSPS) is 54.1. The Kier molecular flexibility index (Phi) is 3.95. The maximum absolute atomic E-state index is 14.0. The Labute approximate surface area is 185 Å². The van der Waals surface area contributed by atoms with Gasteiger partial charge in [0.25, 0.3) is 0 Å². The van der Waals surface area contributed by atoms with E-state index in [4.69, 9.17) is 18.9 Å². The molecule has 0 N–H and O–H groups in total. The Balaban J connectivity index is 1.16. The molecule has 0 radical (unpaired) electrons. The van der Waals surface area contributed by atoms with Crippen LogP contribution in [0.1, 0.15) is 78.1 Å². The lowest BCUT2D eigenvalue weighted by Crippen LogP contribution is -2.57. The van der Waals surface area contributed by atoms with Crippen molar-refractivity contribution in [3.63, 3.8) is 0 Å². The topological polar surface area (TPSA) is 54.0 Å². The molecule has 172 valence electrons. The van der Waals surface area contributed by atoms with Crippen molar-refractivity contribution in [1.82, 2.24) is 0 Å². The van der Waals surface area contributed by atoms with Gasteiger partial charge in [-0.3, -0.25) is 4.79 Å². The number of carbonyl (C=O) groups excluding carboxylic acids is 1. The summed E-state index contributed by atoms with van der Waals surface area (Å²) in [5, 5.41) is 0. The fourth-order valence-corrected chi connectivity index (χ4v) is 10.1. The molecule has 0 bridgehead atoms. The van der Waals surface area contributed by atoms with Gasteiger partial charge in [-0.05, 0) is 80.5 Å². The number of ketones is 1. The summed E-state index contributed by atoms with van der Waals surface area (Å²) in [6.07, 6.45) is 11.0. The molecule has 7 fully saturated rings. The van der Waals surface area contributed by atoms with Crippen LogP contribution in [0.3, 0.4) is 0 Å². The molecule has 2 saturated heterocycles. The molecule has 2 heterocycles. The fraction of sp³-hybridized carbons (Fsp3) is 0.962. The highest BCUT2D eigenvalue weighted by molar-refractivity contribution is 5.91. The lowest BCUT2D eigenvalue weighted by molar-refractivity contribution is -0.220. The van der Waals surface area contributed by atoms with Gasteiger partial charge in [0, 0.05) is 30.6 Å². The van der Waals surface area contributed by atoms with Crippen molar-refractivity contribution in [2.75, 3.05) is 26.4 Å². The van der Waals surface area contributed by atoms with Crippen LogP contribution in [0.2, 0.25) is 0 Å². The van der Waals surface area contributed by atoms with Gasteiger partial charge in [-0.15, -0.1) is 0 Å². The van der Waals surface area contributed by atoms with Crippen molar-refractivity contribution in [3.05, 3.63) is 0 Å². The second-order valence-corrected chi connectivity index (χ2v) is 12.5. The second-order valence-electron chi connectivity index (χ2n) is 12.5. The minimum atomic E-state index is -0.441. The van der Waals surface area contributed by atoms with Crippen molar-refractivity contribution in [2.24, 2.45) is 39.9 Å². The number of fused-ring (bicyclic) bond motifs is 2. The molecule has 0 unspecified atom stereocenters. The lowest BCUT2D eigenvalue weighted by Gasteiger charge is -2.59. The minimum Gasteiger partial charge on any atom is -0.348 e. The van der Waals surface area contributed by atoms with Crippen LogP contribution in [0, 0.1) is 39.9 Å². The number of hydrogen-bond donors (Lipinski definition) is 0. The van der Waals surface area contributed by atoms with Crippen molar-refractivity contribution in [1.29, 1.82) is 0 Å². The number of rotatable bonds is 1. The van der Waals surface area contributed by atoms with Crippen LogP contribution in [0.4, 0.5) is 0 Å². The number of ether oxygens (including phenoxy) is 4. The zero-order valence-corrected chi connectivity index (χ0v) is 19.3. The number of Topliss-reactive ketones (excluding diaryl/α,β-unsaturated/α-hetero) is 1. The van der Waals surface area contributed by atoms with Crippen LogP contribution in [0.15, 0.2) is 0 Å². The van der Waals surface area contributed by atoms with Gasteiger partial charge in [-0.2, -0.15) is 0 Å². The van der Waals surface area contributed by atoms with E-state index in [0.29, 0.717) is 42.7 Å². The summed E-state index contributed by atoms with van der Waals surface area (Å²) >= 11 is 0. The molecule has 0 aromatic carbocycles. The van der Waals surface area contributed by atoms with Gasteiger partial charge in [0.05, 0.1) is 26.4 Å². The monoisotopic (exact) mass is 430 g/mol. The molecule has 0 aromatic heterocycles. The van der Waals surface area contributed by atoms with Crippen molar-refractivity contribution in [2.45, 2.75) is 89.6 Å². The van der Waals surface area contributed by atoms with Gasteiger partial charge < -0.3 is 18.9 Å². The Bertz CT molecular complexity index is 798. The van der Waals surface area contributed by atoms with E-state index in [2.05, 4.69) is 13.8 Å². The number of hydrogen-bond acceptors (Lipinski definition) is 5. The van der Waals surface area contributed by atoms with Crippen LogP contribution >= 0.6 is 0 Å². The molecule has 7 atom stereocenters. The van der Waals surface area contributed by atoms with E-state index >= 15 is 0 Å². The molecule has 5 heteroatoms. The van der Waals surface area contributed by atoms with Crippen LogP contribution in [0.5, 0.6) is 0 Å². The van der Waals surface area contributed by atoms with E-state index in [0.717, 1.165) is 51.7 Å². The predicted molar refractivity (Wildman–Crippen MR) is 113 cm³/mol. The molecule has 5 nitrogen and oxygen atoms in total. The highest BCUT2D eigenvalue weighted by atomic mass is 16.7. The average molecular weight is 431 g/mol. The fourth-order valence-electron chi connectivity index (χ4n) is 10.1. The number of carbonyl (C=O) groups is 1. The first kappa shape index (κ1) is 19.9. The molecular weight excluding hydrogens is 392 g/mol. The van der Waals surface area contributed by atoms with Crippen LogP contribution < -0.4 is 0 Å². The molecule has 7 aliphatic rings. The van der Waals surface area contributed by atoms with Crippen LogP contribution in [0.25, 0.3) is 0 Å². The summed E-state index contributed by atoms with van der Waals surface area (Å²) in [5.74, 6) is 2.13. The van der Waals surface area contributed by atoms with Gasteiger partial charge in [0.1, 0.15) is 5.78 Å². The standard InChI is InChI=1S/C26H38O5/c1-22-13-17(23(2)28-9-10-29-23)3-5-19(22)20-6-4-18-14-25(30-11-12-31-25)8-7-24(18)16-26(20,24)21(27)15-22/h17-20H,3-16H2,1-2H3/t17-,18+,19-,20-,22+,24+,26-/m1/s1. The summed E-state index contributed by atoms with van der Waals surface area (Å²) in [4.78, 5) is 14.0. The Morgan fingerprint density at radius 3 is 2.23 bits per heavy atom. The van der Waals surface area contributed by atoms with Crippen molar-refractivity contribution < 1.29 is 23.7 Å². The first-order valence-corrected chi connectivity index (χ1v) is 12.9. The van der Waals surface area contributed by atoms with Crippen molar-refractivity contribution in [3.8, 4) is 0 Å². The quantitative estimate of drug-likeness (QED) is 0.614. The van der Waals surface area contributed by atoms with Crippen LogP contribution in [-0.4, -0.2) is 43.8 Å². The smallest absolute Gasteiger partial charge is 0.168 e. The van der Waals surface area contributed by atoms with E-state index in [-0.39, 0.29) is 22.0 Å². The van der Waals surface area contributed by atoms with Crippen LogP contribution in [-0.2, 0) is 23.7 Å². The van der Waals surface area contributed by atoms with E-state index in [1.54, 1.807) is 0 Å². The second kappa shape index (κ2) is 6.14. The maximum Gasteiger partial charge on any atom is 0.168 e. The summed E-state index contributed by atoms with van der Waals surface area (Å²) in [7, 11) is 0. The minimum absolute atomic E-state index is 0.0165. The molecule has 3 spiro atoms. The maximum atomic E-state index is 14.0. The summed E-state index contributed by atoms with van der Waals surface area (Å²) in [6, 6.07) is 0. The van der Waals surface area contributed by atoms with Gasteiger partial charge in [0.2, 0.25) is 0 Å². The Morgan fingerprint density at radius 2 is 1.45 bits per heavy atom. The van der Waals surface area contributed by atoms with E-state index in [1.165, 1.54) is 25.7 Å². The van der Waals surface area contributed by atoms with E-state index < -0.39 is 5.79 Å². The zero-order valence-electron chi connectivity index (χ0n) is 19.3. The van der Waals surface area contributed by atoms with Gasteiger partial charge in [0.15, 0.2) is 11.6 Å². The molecular formula is C26H38O5. The first-order chi connectivity index (χ1) is 14.9. The first-order valence-electron chi connectivity index (χ1n) is 12.9.